The number of para-hydroxylation sites is 1. The highest BCUT2D eigenvalue weighted by Gasteiger charge is 2.27. The highest BCUT2D eigenvalue weighted by Crippen LogP contribution is 2.23. The predicted molar refractivity (Wildman–Crippen MR) is 90.7 cm³/mol. The lowest BCUT2D eigenvalue weighted by atomic mass is 10.1. The van der Waals surface area contributed by atoms with Gasteiger partial charge in [-0.1, -0.05) is 42.5 Å². The van der Waals surface area contributed by atoms with Gasteiger partial charge in [-0.2, -0.15) is 0 Å². The first-order valence-corrected chi connectivity index (χ1v) is 7.88. The summed E-state index contributed by atoms with van der Waals surface area (Å²) in [5.74, 6) is 0.0138. The molecule has 4 heteroatoms. The van der Waals surface area contributed by atoms with Gasteiger partial charge in [-0.15, -0.1) is 0 Å². The molecule has 2 aromatic carbocycles. The number of rotatable bonds is 3. The maximum Gasteiger partial charge on any atom is 0.240 e. The number of nitrogens with two attached hydrogens (primary N) is 1. The van der Waals surface area contributed by atoms with Crippen LogP contribution in [0, 0.1) is 0 Å². The highest BCUT2D eigenvalue weighted by atomic mass is 16.2. The average molecular weight is 305 g/mol. The molecule has 3 N–H and O–H groups in total. The van der Waals surface area contributed by atoms with Crippen LogP contribution in [0.15, 0.2) is 54.6 Å². The third-order valence-electron chi connectivity index (χ3n) is 4.50. The first kappa shape index (κ1) is 14.0. The maximum atomic E-state index is 12.6. The number of amides is 1. The molecule has 2 heterocycles. The summed E-state index contributed by atoms with van der Waals surface area (Å²) in [4.78, 5) is 17.8. The van der Waals surface area contributed by atoms with E-state index >= 15 is 0 Å². The van der Waals surface area contributed by atoms with E-state index in [0.29, 0.717) is 19.5 Å². The van der Waals surface area contributed by atoms with Crippen LogP contribution in [0.5, 0.6) is 0 Å². The molecule has 0 radical (unpaired) electrons. The topological polar surface area (TPSA) is 62.1 Å². The largest absolute Gasteiger partial charge is 0.358 e. The molecule has 0 saturated carbocycles. The Kier molecular flexibility index (Phi) is 3.39. The third-order valence-corrected chi connectivity index (χ3v) is 4.50. The van der Waals surface area contributed by atoms with Crippen molar-refractivity contribution in [2.75, 3.05) is 0 Å². The minimum Gasteiger partial charge on any atom is -0.358 e. The van der Waals surface area contributed by atoms with E-state index in [1.165, 1.54) is 11.1 Å². The minimum absolute atomic E-state index is 0.0138. The number of fused-ring (bicyclic) bond motifs is 2. The summed E-state index contributed by atoms with van der Waals surface area (Å²) in [5, 5.41) is 1.15. The molecule has 0 bridgehead atoms. The average Bonchev–Trinajstić information content (AvgIpc) is 3.16. The van der Waals surface area contributed by atoms with Crippen molar-refractivity contribution in [2.45, 2.75) is 25.6 Å². The summed E-state index contributed by atoms with van der Waals surface area (Å²) < 4.78 is 0. The molecule has 0 aliphatic carbocycles. The SMILES string of the molecule is NC(Cc1cc2ccccc2[nH]1)C(=O)N1Cc2ccccc2C1. The van der Waals surface area contributed by atoms with E-state index in [-0.39, 0.29) is 5.91 Å². The lowest BCUT2D eigenvalue weighted by Gasteiger charge is -2.20. The fourth-order valence-electron chi connectivity index (χ4n) is 3.29. The number of aromatic nitrogens is 1. The van der Waals surface area contributed by atoms with Crippen LogP contribution in [0.4, 0.5) is 0 Å². The standard InChI is InChI=1S/C19H19N3O/c20-17(10-16-9-13-5-3-4-8-18(13)21-16)19(23)22-11-14-6-1-2-7-15(14)12-22/h1-9,17,21H,10-12,20H2. The molecular weight excluding hydrogens is 286 g/mol. The van der Waals surface area contributed by atoms with Crippen molar-refractivity contribution in [1.82, 2.24) is 9.88 Å². The Balaban J connectivity index is 1.47. The second-order valence-corrected chi connectivity index (χ2v) is 6.16. The fourth-order valence-corrected chi connectivity index (χ4v) is 3.29. The summed E-state index contributed by atoms with van der Waals surface area (Å²) in [7, 11) is 0. The van der Waals surface area contributed by atoms with Crippen LogP contribution >= 0.6 is 0 Å². The number of nitrogens with one attached hydrogen (secondary N) is 1. The van der Waals surface area contributed by atoms with Crippen LogP contribution in [0.3, 0.4) is 0 Å². The summed E-state index contributed by atoms with van der Waals surface area (Å²) in [6, 6.07) is 17.8. The normalized spacial score (nSPS) is 14.9. The van der Waals surface area contributed by atoms with Crippen LogP contribution in [0.1, 0.15) is 16.8 Å². The number of nitrogens with zero attached hydrogens (tertiary/aromatic N) is 1. The van der Waals surface area contributed by atoms with E-state index < -0.39 is 6.04 Å². The first-order chi connectivity index (χ1) is 11.2. The molecule has 4 rings (SSSR count). The van der Waals surface area contributed by atoms with E-state index in [1.807, 2.05) is 35.2 Å². The molecule has 1 aliphatic heterocycles. The van der Waals surface area contributed by atoms with Crippen LogP contribution in [-0.4, -0.2) is 21.8 Å². The Morgan fingerprint density at radius 1 is 1.09 bits per heavy atom. The van der Waals surface area contributed by atoms with Crippen LogP contribution in [-0.2, 0) is 24.3 Å². The lowest BCUT2D eigenvalue weighted by molar-refractivity contribution is -0.133. The number of carbonyl (C=O) groups is 1. The molecule has 4 nitrogen and oxygen atoms in total. The predicted octanol–water partition coefficient (Wildman–Crippen LogP) is 2.58. The van der Waals surface area contributed by atoms with Gasteiger partial charge in [0.05, 0.1) is 6.04 Å². The van der Waals surface area contributed by atoms with E-state index in [0.717, 1.165) is 16.6 Å². The van der Waals surface area contributed by atoms with Crippen molar-refractivity contribution in [1.29, 1.82) is 0 Å². The van der Waals surface area contributed by atoms with Crippen molar-refractivity contribution in [3.8, 4) is 0 Å². The summed E-state index contributed by atoms with van der Waals surface area (Å²) in [6.45, 7) is 1.32. The summed E-state index contributed by atoms with van der Waals surface area (Å²) in [6.07, 6.45) is 0.528. The highest BCUT2D eigenvalue weighted by molar-refractivity contribution is 5.84. The number of hydrogen-bond donors (Lipinski definition) is 2. The number of hydrogen-bond acceptors (Lipinski definition) is 2. The van der Waals surface area contributed by atoms with Crippen LogP contribution < -0.4 is 5.73 Å². The van der Waals surface area contributed by atoms with Crippen molar-refractivity contribution in [2.24, 2.45) is 5.73 Å². The smallest absolute Gasteiger partial charge is 0.240 e. The monoisotopic (exact) mass is 305 g/mol. The zero-order chi connectivity index (χ0) is 15.8. The zero-order valence-electron chi connectivity index (χ0n) is 12.8. The Hall–Kier alpha value is -2.59. The molecule has 3 aromatic rings. The lowest BCUT2D eigenvalue weighted by Crippen LogP contribution is -2.42. The quantitative estimate of drug-likeness (QED) is 0.781. The van der Waals surface area contributed by atoms with Gasteiger partial charge in [0.1, 0.15) is 0 Å². The summed E-state index contributed by atoms with van der Waals surface area (Å²) in [5.41, 5.74) is 10.7. The Labute approximate surface area is 134 Å². The van der Waals surface area contributed by atoms with Gasteiger partial charge in [-0.25, -0.2) is 0 Å². The molecule has 1 aromatic heterocycles. The number of carbonyl (C=O) groups excluding carboxylic acids is 1. The van der Waals surface area contributed by atoms with Gasteiger partial charge >= 0.3 is 0 Å². The third kappa shape index (κ3) is 2.62. The maximum absolute atomic E-state index is 12.6. The van der Waals surface area contributed by atoms with Crippen molar-refractivity contribution < 1.29 is 4.79 Å². The first-order valence-electron chi connectivity index (χ1n) is 7.88. The van der Waals surface area contributed by atoms with E-state index in [2.05, 4.69) is 29.2 Å². The van der Waals surface area contributed by atoms with Gasteiger partial charge in [-0.05, 0) is 28.6 Å². The van der Waals surface area contributed by atoms with Gasteiger partial charge in [-0.3, -0.25) is 4.79 Å². The van der Waals surface area contributed by atoms with Crippen LogP contribution in [0.2, 0.25) is 0 Å². The zero-order valence-corrected chi connectivity index (χ0v) is 12.8. The van der Waals surface area contributed by atoms with Crippen molar-refractivity contribution in [3.05, 3.63) is 71.4 Å². The van der Waals surface area contributed by atoms with E-state index in [4.69, 9.17) is 5.73 Å². The van der Waals surface area contributed by atoms with E-state index in [9.17, 15) is 4.79 Å². The molecule has 1 aliphatic rings. The Bertz CT molecular complexity index is 810. The molecule has 1 unspecified atom stereocenters. The molecule has 0 fully saturated rings. The van der Waals surface area contributed by atoms with Gasteiger partial charge in [0.25, 0.3) is 0 Å². The molecular formula is C19H19N3O. The van der Waals surface area contributed by atoms with E-state index in [1.54, 1.807) is 0 Å². The molecule has 0 saturated heterocycles. The molecule has 116 valence electrons. The van der Waals surface area contributed by atoms with Crippen molar-refractivity contribution >= 4 is 16.8 Å². The molecule has 0 spiro atoms. The number of benzene rings is 2. The number of aromatic amines is 1. The van der Waals surface area contributed by atoms with Gasteiger partial charge in [0.2, 0.25) is 5.91 Å². The number of H-pyrrole nitrogens is 1. The van der Waals surface area contributed by atoms with Gasteiger partial charge in [0.15, 0.2) is 0 Å². The second-order valence-electron chi connectivity index (χ2n) is 6.16. The fraction of sp³-hybridized carbons (Fsp3) is 0.211. The van der Waals surface area contributed by atoms with Crippen LogP contribution in [0.25, 0.3) is 10.9 Å². The Morgan fingerprint density at radius 2 is 1.74 bits per heavy atom. The minimum atomic E-state index is -0.516. The van der Waals surface area contributed by atoms with Crippen molar-refractivity contribution in [3.63, 3.8) is 0 Å². The summed E-state index contributed by atoms with van der Waals surface area (Å²) >= 11 is 0. The van der Waals surface area contributed by atoms with Gasteiger partial charge < -0.3 is 15.6 Å². The molecule has 1 amide bonds. The molecule has 23 heavy (non-hydrogen) atoms. The Morgan fingerprint density at radius 3 is 2.43 bits per heavy atom. The second kappa shape index (κ2) is 5.56. The molecule has 1 atom stereocenters. The van der Waals surface area contributed by atoms with Gasteiger partial charge in [0, 0.05) is 30.7 Å².